The first-order valence-electron chi connectivity index (χ1n) is 12.3. The SMILES string of the molecule is CC(C)C/C(=C/C(=O)c1ccc(N)cc1OC(C)C)Nc1ccc(C(N)=O)c(OCc2ccccc2)c1. The van der Waals surface area contributed by atoms with Crippen LogP contribution in [0.5, 0.6) is 11.5 Å². The highest BCUT2D eigenvalue weighted by Gasteiger charge is 2.16. The number of benzene rings is 3. The molecule has 0 aliphatic carbocycles. The fourth-order valence-electron chi connectivity index (χ4n) is 3.76. The molecule has 0 spiro atoms. The van der Waals surface area contributed by atoms with Gasteiger partial charge in [0.15, 0.2) is 5.78 Å². The van der Waals surface area contributed by atoms with Crippen molar-refractivity contribution in [3.63, 3.8) is 0 Å². The molecule has 0 aliphatic rings. The Morgan fingerprint density at radius 3 is 2.27 bits per heavy atom. The standard InChI is InChI=1S/C30H35N3O4/c1-19(2)14-24(16-27(34)25-12-10-22(31)15-29(25)37-20(3)4)33-23-11-13-26(30(32)35)28(17-23)36-18-21-8-6-5-7-9-21/h5-13,15-17,19-20,33H,14,18,31H2,1-4H3,(H2,32,35)/b24-16-. The van der Waals surface area contributed by atoms with Crippen LogP contribution in [0.25, 0.3) is 0 Å². The Kier molecular flexibility index (Phi) is 9.33. The Morgan fingerprint density at radius 1 is 0.919 bits per heavy atom. The van der Waals surface area contributed by atoms with Gasteiger partial charge in [0.1, 0.15) is 18.1 Å². The van der Waals surface area contributed by atoms with Crippen molar-refractivity contribution in [2.75, 3.05) is 11.1 Å². The molecule has 0 aromatic heterocycles. The molecule has 0 unspecified atom stereocenters. The molecule has 7 heteroatoms. The summed E-state index contributed by atoms with van der Waals surface area (Å²) in [5.41, 5.74) is 15.1. The first kappa shape index (κ1) is 27.3. The monoisotopic (exact) mass is 501 g/mol. The molecule has 3 aromatic carbocycles. The molecule has 3 aromatic rings. The molecule has 0 saturated heterocycles. The van der Waals surface area contributed by atoms with E-state index < -0.39 is 5.91 Å². The van der Waals surface area contributed by atoms with Crippen LogP contribution in [-0.4, -0.2) is 17.8 Å². The van der Waals surface area contributed by atoms with Crippen LogP contribution in [0.2, 0.25) is 0 Å². The predicted molar refractivity (Wildman–Crippen MR) is 148 cm³/mol. The average molecular weight is 502 g/mol. The van der Waals surface area contributed by atoms with Gasteiger partial charge in [0.25, 0.3) is 5.91 Å². The second kappa shape index (κ2) is 12.6. The van der Waals surface area contributed by atoms with Gasteiger partial charge in [-0.3, -0.25) is 9.59 Å². The van der Waals surface area contributed by atoms with Crippen LogP contribution in [0, 0.1) is 5.92 Å². The van der Waals surface area contributed by atoms with E-state index in [9.17, 15) is 9.59 Å². The molecule has 5 N–H and O–H groups in total. The van der Waals surface area contributed by atoms with Crippen LogP contribution in [0.3, 0.4) is 0 Å². The normalized spacial score (nSPS) is 11.5. The quantitative estimate of drug-likeness (QED) is 0.160. The number of allylic oxidation sites excluding steroid dienone is 2. The number of nitrogen functional groups attached to an aromatic ring is 1. The van der Waals surface area contributed by atoms with Gasteiger partial charge in [-0.15, -0.1) is 0 Å². The van der Waals surface area contributed by atoms with Gasteiger partial charge in [-0.1, -0.05) is 44.2 Å². The summed E-state index contributed by atoms with van der Waals surface area (Å²) < 4.78 is 11.8. The zero-order valence-corrected chi connectivity index (χ0v) is 21.8. The lowest BCUT2D eigenvalue weighted by atomic mass is 10.0. The molecule has 0 bridgehead atoms. The highest BCUT2D eigenvalue weighted by Crippen LogP contribution is 2.28. The Morgan fingerprint density at radius 2 is 1.62 bits per heavy atom. The number of ether oxygens (including phenoxy) is 2. The maximum Gasteiger partial charge on any atom is 0.252 e. The summed E-state index contributed by atoms with van der Waals surface area (Å²) in [5, 5.41) is 3.33. The summed E-state index contributed by atoms with van der Waals surface area (Å²) >= 11 is 0. The molecule has 0 aliphatic heterocycles. The minimum Gasteiger partial charge on any atom is -0.490 e. The summed E-state index contributed by atoms with van der Waals surface area (Å²) in [5.74, 6) is 0.310. The van der Waals surface area contributed by atoms with Crippen molar-refractivity contribution in [3.8, 4) is 11.5 Å². The zero-order chi connectivity index (χ0) is 26.9. The summed E-state index contributed by atoms with van der Waals surface area (Å²) in [4.78, 5) is 25.3. The third kappa shape index (κ3) is 8.14. The van der Waals surface area contributed by atoms with Crippen molar-refractivity contribution in [1.29, 1.82) is 0 Å². The van der Waals surface area contributed by atoms with Crippen molar-refractivity contribution in [2.24, 2.45) is 11.7 Å². The highest BCUT2D eigenvalue weighted by molar-refractivity contribution is 6.07. The van der Waals surface area contributed by atoms with E-state index >= 15 is 0 Å². The second-order valence-electron chi connectivity index (χ2n) is 9.53. The number of amides is 1. The molecule has 7 nitrogen and oxygen atoms in total. The van der Waals surface area contributed by atoms with Gasteiger partial charge in [0.2, 0.25) is 0 Å². The molecule has 0 radical (unpaired) electrons. The van der Waals surface area contributed by atoms with Crippen LogP contribution in [0.4, 0.5) is 11.4 Å². The van der Waals surface area contributed by atoms with Crippen LogP contribution in [0.15, 0.2) is 78.5 Å². The largest absolute Gasteiger partial charge is 0.490 e. The smallest absolute Gasteiger partial charge is 0.252 e. The average Bonchev–Trinajstić information content (AvgIpc) is 2.82. The van der Waals surface area contributed by atoms with Gasteiger partial charge in [-0.25, -0.2) is 0 Å². The Balaban J connectivity index is 1.90. The number of hydrogen-bond donors (Lipinski definition) is 3. The number of hydrogen-bond acceptors (Lipinski definition) is 6. The van der Waals surface area contributed by atoms with E-state index in [1.165, 1.54) is 0 Å². The molecule has 0 saturated carbocycles. The van der Waals surface area contributed by atoms with Gasteiger partial charge < -0.3 is 26.3 Å². The predicted octanol–water partition coefficient (Wildman–Crippen LogP) is 5.96. The number of primary amides is 1. The molecule has 37 heavy (non-hydrogen) atoms. The molecule has 194 valence electrons. The summed E-state index contributed by atoms with van der Waals surface area (Å²) in [6, 6.07) is 19.8. The van der Waals surface area contributed by atoms with E-state index in [1.54, 1.807) is 42.5 Å². The summed E-state index contributed by atoms with van der Waals surface area (Å²) in [7, 11) is 0. The molecule has 0 atom stereocenters. The van der Waals surface area contributed by atoms with E-state index in [4.69, 9.17) is 20.9 Å². The van der Waals surface area contributed by atoms with Gasteiger partial charge in [0.05, 0.1) is 17.2 Å². The number of carbonyl (C=O) groups excluding carboxylic acids is 2. The number of carbonyl (C=O) groups is 2. The highest BCUT2D eigenvalue weighted by atomic mass is 16.5. The minimum atomic E-state index is -0.580. The van der Waals surface area contributed by atoms with Crippen molar-refractivity contribution in [3.05, 3.63) is 95.2 Å². The lowest BCUT2D eigenvalue weighted by molar-refractivity contribution is 0.0994. The zero-order valence-electron chi connectivity index (χ0n) is 21.8. The lowest BCUT2D eigenvalue weighted by Gasteiger charge is -2.17. The lowest BCUT2D eigenvalue weighted by Crippen LogP contribution is -2.14. The van der Waals surface area contributed by atoms with E-state index in [-0.39, 0.29) is 30.0 Å². The first-order chi connectivity index (χ1) is 17.6. The summed E-state index contributed by atoms with van der Waals surface area (Å²) in [6.07, 6.45) is 2.09. The van der Waals surface area contributed by atoms with Gasteiger partial charge >= 0.3 is 0 Å². The van der Waals surface area contributed by atoms with Crippen LogP contribution in [-0.2, 0) is 6.61 Å². The van der Waals surface area contributed by atoms with Crippen LogP contribution < -0.4 is 26.3 Å². The van der Waals surface area contributed by atoms with Crippen LogP contribution in [0.1, 0.15) is 60.4 Å². The molecule has 0 fully saturated rings. The van der Waals surface area contributed by atoms with E-state index in [1.807, 2.05) is 44.2 Å². The van der Waals surface area contributed by atoms with Crippen molar-refractivity contribution < 1.29 is 19.1 Å². The Labute approximate surface area is 218 Å². The summed E-state index contributed by atoms with van der Waals surface area (Å²) in [6.45, 7) is 8.22. The maximum absolute atomic E-state index is 13.3. The molecule has 1 amide bonds. The van der Waals surface area contributed by atoms with Crippen molar-refractivity contribution in [1.82, 2.24) is 0 Å². The fourth-order valence-corrected chi connectivity index (χ4v) is 3.76. The number of nitrogens with one attached hydrogen (secondary N) is 1. The first-order valence-corrected chi connectivity index (χ1v) is 12.3. The Hall–Kier alpha value is -4.26. The van der Waals surface area contributed by atoms with E-state index in [0.29, 0.717) is 40.6 Å². The minimum absolute atomic E-state index is 0.108. The topological polar surface area (TPSA) is 117 Å². The molecule has 3 rings (SSSR count). The van der Waals surface area contributed by atoms with Crippen LogP contribution >= 0.6 is 0 Å². The second-order valence-corrected chi connectivity index (χ2v) is 9.53. The number of ketones is 1. The van der Waals surface area contributed by atoms with Gasteiger partial charge in [-0.05, 0) is 56.0 Å². The van der Waals surface area contributed by atoms with E-state index in [2.05, 4.69) is 19.2 Å². The van der Waals surface area contributed by atoms with Crippen molar-refractivity contribution in [2.45, 2.75) is 46.8 Å². The number of anilines is 2. The third-order valence-electron chi connectivity index (χ3n) is 5.36. The van der Waals surface area contributed by atoms with Gasteiger partial charge in [-0.2, -0.15) is 0 Å². The maximum atomic E-state index is 13.3. The number of nitrogens with two attached hydrogens (primary N) is 2. The molecular formula is C30H35N3O4. The van der Waals surface area contributed by atoms with E-state index in [0.717, 1.165) is 5.56 Å². The van der Waals surface area contributed by atoms with Crippen molar-refractivity contribution >= 4 is 23.1 Å². The fraction of sp³-hybridized carbons (Fsp3) is 0.267. The third-order valence-corrected chi connectivity index (χ3v) is 5.36. The number of rotatable bonds is 12. The molecule has 0 heterocycles. The van der Waals surface area contributed by atoms with Gasteiger partial charge in [0, 0.05) is 35.3 Å². The molecular weight excluding hydrogens is 466 g/mol. The Bertz CT molecular complexity index is 1270.